The molecule has 0 radical (unpaired) electrons. The minimum Gasteiger partial charge on any atom is -0.382 e. The van der Waals surface area contributed by atoms with Gasteiger partial charge in [0.05, 0.1) is 17.4 Å². The highest BCUT2D eigenvalue weighted by Crippen LogP contribution is 2.29. The Morgan fingerprint density at radius 2 is 2.07 bits per heavy atom. The van der Waals surface area contributed by atoms with Crippen LogP contribution >= 0.6 is 23.4 Å². The second-order valence-corrected chi connectivity index (χ2v) is 4.09. The molecule has 0 aliphatic rings. The highest BCUT2D eigenvalue weighted by molar-refractivity contribution is 7.99. The van der Waals surface area contributed by atoms with Crippen LogP contribution in [0.1, 0.15) is 0 Å². The monoisotopic (exact) mass is 238 g/mol. The van der Waals surface area contributed by atoms with Crippen molar-refractivity contribution in [3.8, 4) is 0 Å². The largest absolute Gasteiger partial charge is 0.382 e. The van der Waals surface area contributed by atoms with Crippen LogP contribution in [0.15, 0.2) is 40.8 Å². The van der Waals surface area contributed by atoms with E-state index in [1.54, 1.807) is 24.5 Å². The van der Waals surface area contributed by atoms with E-state index < -0.39 is 0 Å². The maximum Gasteiger partial charge on any atom is 0.141 e. The third kappa shape index (κ3) is 2.57. The van der Waals surface area contributed by atoms with Gasteiger partial charge in [-0.05, 0) is 23.9 Å². The lowest BCUT2D eigenvalue weighted by Crippen LogP contribution is -1.91. The van der Waals surface area contributed by atoms with Crippen molar-refractivity contribution < 1.29 is 0 Å². The van der Waals surface area contributed by atoms with E-state index in [2.05, 4.69) is 15.0 Å². The lowest BCUT2D eigenvalue weighted by Gasteiger charge is -2.01. The van der Waals surface area contributed by atoms with E-state index in [-0.39, 0.29) is 0 Å². The molecule has 2 aromatic heterocycles. The van der Waals surface area contributed by atoms with Crippen LogP contribution < -0.4 is 5.73 Å². The van der Waals surface area contributed by atoms with E-state index in [1.165, 1.54) is 18.0 Å². The summed E-state index contributed by atoms with van der Waals surface area (Å²) in [4.78, 5) is 12.1. The zero-order chi connectivity index (χ0) is 10.7. The van der Waals surface area contributed by atoms with Crippen LogP contribution in [0.4, 0.5) is 5.82 Å². The lowest BCUT2D eigenvalue weighted by atomic mass is 10.5. The zero-order valence-electron chi connectivity index (χ0n) is 7.59. The minimum atomic E-state index is 0.395. The van der Waals surface area contributed by atoms with Gasteiger partial charge in [-0.3, -0.25) is 0 Å². The molecule has 0 spiro atoms. The topological polar surface area (TPSA) is 64.7 Å². The van der Waals surface area contributed by atoms with E-state index in [0.29, 0.717) is 20.9 Å². The number of halogens is 1. The van der Waals surface area contributed by atoms with Crippen molar-refractivity contribution in [3.05, 3.63) is 35.7 Å². The van der Waals surface area contributed by atoms with Gasteiger partial charge in [-0.15, -0.1) is 0 Å². The molecule has 2 rings (SSSR count). The number of hydrogen-bond acceptors (Lipinski definition) is 5. The molecular formula is C9H7ClN4S. The Hall–Kier alpha value is -1.33. The van der Waals surface area contributed by atoms with Gasteiger partial charge in [-0.2, -0.15) is 0 Å². The molecule has 4 nitrogen and oxygen atoms in total. The molecule has 0 bridgehead atoms. The molecule has 0 aliphatic heterocycles. The van der Waals surface area contributed by atoms with E-state index in [0.717, 1.165) is 0 Å². The first-order valence-electron chi connectivity index (χ1n) is 4.11. The van der Waals surface area contributed by atoms with Crippen LogP contribution in [0.2, 0.25) is 5.02 Å². The van der Waals surface area contributed by atoms with Gasteiger partial charge in [-0.25, -0.2) is 15.0 Å². The van der Waals surface area contributed by atoms with Crippen molar-refractivity contribution in [2.45, 2.75) is 10.1 Å². The Labute approximate surface area is 95.9 Å². The van der Waals surface area contributed by atoms with Gasteiger partial charge in [0.15, 0.2) is 0 Å². The van der Waals surface area contributed by atoms with Crippen molar-refractivity contribution in [1.29, 1.82) is 0 Å². The number of aromatic nitrogens is 3. The maximum atomic E-state index is 5.95. The van der Waals surface area contributed by atoms with Crippen molar-refractivity contribution >= 4 is 29.2 Å². The summed E-state index contributed by atoms with van der Waals surface area (Å²) in [6, 6.07) is 3.56. The summed E-state index contributed by atoms with van der Waals surface area (Å²) in [6.07, 6.45) is 4.77. The molecular weight excluding hydrogens is 232 g/mol. The zero-order valence-corrected chi connectivity index (χ0v) is 9.16. The Balaban J connectivity index is 2.22. The number of rotatable bonds is 2. The Morgan fingerprint density at radius 3 is 2.73 bits per heavy atom. The number of pyridine rings is 1. The highest BCUT2D eigenvalue weighted by Gasteiger charge is 2.04. The summed E-state index contributed by atoms with van der Waals surface area (Å²) < 4.78 is 0. The molecule has 2 aromatic rings. The van der Waals surface area contributed by atoms with Gasteiger partial charge >= 0.3 is 0 Å². The predicted octanol–water partition coefficient (Wildman–Crippen LogP) is 2.26. The number of nitrogens with two attached hydrogens (primary N) is 1. The van der Waals surface area contributed by atoms with Gasteiger partial charge in [0.25, 0.3) is 0 Å². The van der Waals surface area contributed by atoms with Gasteiger partial charge in [0.1, 0.15) is 15.9 Å². The Morgan fingerprint density at radius 1 is 1.20 bits per heavy atom. The Bertz CT molecular complexity index is 460. The van der Waals surface area contributed by atoms with E-state index in [9.17, 15) is 0 Å². The molecule has 0 fully saturated rings. The van der Waals surface area contributed by atoms with Crippen LogP contribution in [0.3, 0.4) is 0 Å². The van der Waals surface area contributed by atoms with Crippen LogP contribution in [-0.2, 0) is 0 Å². The van der Waals surface area contributed by atoms with E-state index >= 15 is 0 Å². The van der Waals surface area contributed by atoms with Gasteiger partial charge in [0.2, 0.25) is 0 Å². The highest BCUT2D eigenvalue weighted by atomic mass is 35.5. The number of anilines is 1. The first-order valence-corrected chi connectivity index (χ1v) is 5.31. The lowest BCUT2D eigenvalue weighted by molar-refractivity contribution is 1.05. The average molecular weight is 239 g/mol. The molecule has 6 heteroatoms. The molecule has 0 unspecified atom stereocenters. The van der Waals surface area contributed by atoms with Crippen molar-refractivity contribution in [2.75, 3.05) is 5.73 Å². The normalized spacial score (nSPS) is 10.2. The van der Waals surface area contributed by atoms with E-state index in [4.69, 9.17) is 17.3 Å². The molecule has 15 heavy (non-hydrogen) atoms. The van der Waals surface area contributed by atoms with Crippen LogP contribution in [-0.4, -0.2) is 15.0 Å². The molecule has 2 N–H and O–H groups in total. The molecule has 0 aromatic carbocycles. The maximum absolute atomic E-state index is 5.95. The quantitative estimate of drug-likeness (QED) is 0.870. The molecule has 0 saturated heterocycles. The number of nitrogens with zero attached hydrogens (tertiary/aromatic N) is 3. The summed E-state index contributed by atoms with van der Waals surface area (Å²) in [6.45, 7) is 0. The van der Waals surface area contributed by atoms with Gasteiger partial charge in [-0.1, -0.05) is 11.6 Å². The summed E-state index contributed by atoms with van der Waals surface area (Å²) >= 11 is 7.30. The molecule has 0 atom stereocenters. The summed E-state index contributed by atoms with van der Waals surface area (Å²) in [7, 11) is 0. The van der Waals surface area contributed by atoms with Crippen molar-refractivity contribution in [1.82, 2.24) is 15.0 Å². The molecule has 2 heterocycles. The SMILES string of the molecule is Nc1cnc(Sc2ncccc2Cl)cn1. The fourth-order valence-electron chi connectivity index (χ4n) is 0.924. The molecule has 76 valence electrons. The smallest absolute Gasteiger partial charge is 0.141 e. The van der Waals surface area contributed by atoms with Crippen LogP contribution in [0.25, 0.3) is 0 Å². The average Bonchev–Trinajstić information content (AvgIpc) is 2.25. The van der Waals surface area contributed by atoms with Crippen LogP contribution in [0.5, 0.6) is 0 Å². The second-order valence-electron chi connectivity index (χ2n) is 2.67. The standard InChI is InChI=1S/C9H7ClN4S/c10-6-2-1-3-12-9(6)15-8-5-13-7(11)4-14-8/h1-5H,(H2,11,13). The first-order chi connectivity index (χ1) is 7.25. The molecule has 0 saturated carbocycles. The number of hydrogen-bond donors (Lipinski definition) is 1. The predicted molar refractivity (Wildman–Crippen MR) is 59.8 cm³/mol. The van der Waals surface area contributed by atoms with Crippen molar-refractivity contribution in [2.24, 2.45) is 0 Å². The third-order valence-corrected chi connectivity index (χ3v) is 2.93. The molecule has 0 aliphatic carbocycles. The second kappa shape index (κ2) is 4.46. The van der Waals surface area contributed by atoms with Gasteiger partial charge < -0.3 is 5.73 Å². The van der Waals surface area contributed by atoms with Crippen LogP contribution in [0, 0.1) is 0 Å². The van der Waals surface area contributed by atoms with Crippen molar-refractivity contribution in [3.63, 3.8) is 0 Å². The fourth-order valence-corrected chi connectivity index (χ4v) is 1.85. The summed E-state index contributed by atoms with van der Waals surface area (Å²) in [5, 5.41) is 2.02. The van der Waals surface area contributed by atoms with E-state index in [1.807, 2.05) is 0 Å². The number of nitrogen functional groups attached to an aromatic ring is 1. The fraction of sp³-hybridized carbons (Fsp3) is 0. The Kier molecular flexibility index (Phi) is 3.03. The first kappa shape index (κ1) is 10.2. The summed E-state index contributed by atoms with van der Waals surface area (Å²) in [5.41, 5.74) is 5.43. The third-order valence-electron chi connectivity index (χ3n) is 1.57. The minimum absolute atomic E-state index is 0.395. The molecule has 0 amide bonds. The van der Waals surface area contributed by atoms with Gasteiger partial charge in [0, 0.05) is 6.20 Å². The summed E-state index contributed by atoms with van der Waals surface area (Å²) in [5.74, 6) is 0.395.